The summed E-state index contributed by atoms with van der Waals surface area (Å²) in [6.07, 6.45) is -0.427. The summed E-state index contributed by atoms with van der Waals surface area (Å²) in [6, 6.07) is 3.47. The highest BCUT2D eigenvalue weighted by atomic mass is 32.2. The molecule has 0 radical (unpaired) electrons. The molecule has 2 amide bonds. The lowest BCUT2D eigenvalue weighted by atomic mass is 10.2. The van der Waals surface area contributed by atoms with Crippen molar-refractivity contribution in [3.8, 4) is 0 Å². The monoisotopic (exact) mass is 328 g/mol. The zero-order chi connectivity index (χ0) is 15.5. The molecule has 1 N–H and O–H groups in total. The fourth-order valence-electron chi connectivity index (χ4n) is 1.87. The number of rotatable bonds is 3. The van der Waals surface area contributed by atoms with Crippen molar-refractivity contribution in [3.05, 3.63) is 22.4 Å². The summed E-state index contributed by atoms with van der Waals surface area (Å²) in [5.74, 6) is 0.973. The molecule has 21 heavy (non-hydrogen) atoms. The van der Waals surface area contributed by atoms with Gasteiger partial charge in [-0.25, -0.2) is 4.79 Å². The topological polar surface area (TPSA) is 58.6 Å². The summed E-state index contributed by atoms with van der Waals surface area (Å²) in [4.78, 5) is 27.0. The fourth-order valence-corrected chi connectivity index (χ4v) is 3.65. The Morgan fingerprint density at radius 3 is 2.86 bits per heavy atom. The van der Waals surface area contributed by atoms with E-state index < -0.39 is 17.7 Å². The predicted octanol–water partition coefficient (Wildman–Crippen LogP) is 2.67. The number of nitrogens with one attached hydrogen (secondary N) is 1. The number of nitrogens with zero attached hydrogens (tertiary/aromatic N) is 1. The highest BCUT2D eigenvalue weighted by Crippen LogP contribution is 2.23. The average molecular weight is 328 g/mol. The van der Waals surface area contributed by atoms with Crippen molar-refractivity contribution in [3.63, 3.8) is 0 Å². The quantitative estimate of drug-likeness (QED) is 0.927. The summed E-state index contributed by atoms with van der Waals surface area (Å²) < 4.78 is 5.35. The second kappa shape index (κ2) is 6.70. The van der Waals surface area contributed by atoms with Crippen molar-refractivity contribution in [2.75, 3.05) is 11.6 Å². The van der Waals surface area contributed by atoms with E-state index in [2.05, 4.69) is 5.32 Å². The van der Waals surface area contributed by atoms with Crippen LogP contribution < -0.4 is 5.32 Å². The molecule has 1 aliphatic rings. The van der Waals surface area contributed by atoms with Crippen molar-refractivity contribution < 1.29 is 14.3 Å². The second-order valence-corrected chi connectivity index (χ2v) is 7.80. The van der Waals surface area contributed by atoms with Gasteiger partial charge in [-0.15, -0.1) is 23.1 Å². The van der Waals surface area contributed by atoms with Gasteiger partial charge in [0.05, 0.1) is 12.4 Å². The molecule has 5 nitrogen and oxygen atoms in total. The lowest BCUT2D eigenvalue weighted by molar-refractivity contribution is -0.125. The van der Waals surface area contributed by atoms with Crippen molar-refractivity contribution >= 4 is 35.1 Å². The van der Waals surface area contributed by atoms with Crippen molar-refractivity contribution in [1.82, 2.24) is 10.2 Å². The van der Waals surface area contributed by atoms with Crippen LogP contribution in [0.3, 0.4) is 0 Å². The number of amides is 2. The van der Waals surface area contributed by atoms with E-state index in [0.29, 0.717) is 18.2 Å². The van der Waals surface area contributed by atoms with Gasteiger partial charge in [0.2, 0.25) is 5.91 Å². The Labute approximate surface area is 133 Å². The zero-order valence-corrected chi connectivity index (χ0v) is 14.1. The van der Waals surface area contributed by atoms with Crippen LogP contribution in [0.2, 0.25) is 0 Å². The first kappa shape index (κ1) is 16.2. The van der Waals surface area contributed by atoms with E-state index in [1.54, 1.807) is 23.1 Å². The van der Waals surface area contributed by atoms with E-state index in [4.69, 9.17) is 4.74 Å². The maximum absolute atomic E-state index is 12.3. The van der Waals surface area contributed by atoms with Gasteiger partial charge in [0.1, 0.15) is 11.6 Å². The molecule has 1 fully saturated rings. The number of carbonyl (C=O) groups excluding carboxylic acids is 2. The van der Waals surface area contributed by atoms with Gasteiger partial charge in [0.25, 0.3) is 0 Å². The minimum Gasteiger partial charge on any atom is -0.444 e. The Balaban J connectivity index is 1.91. The Kier molecular flexibility index (Phi) is 5.16. The molecule has 1 aliphatic heterocycles. The molecule has 1 aromatic heterocycles. The van der Waals surface area contributed by atoms with Crippen LogP contribution in [0.15, 0.2) is 17.5 Å². The maximum Gasteiger partial charge on any atom is 0.411 e. The number of thiophene rings is 1. The minimum absolute atomic E-state index is 0.126. The van der Waals surface area contributed by atoms with Gasteiger partial charge < -0.3 is 10.1 Å². The average Bonchev–Trinajstić information content (AvgIpc) is 3.05. The van der Waals surface area contributed by atoms with Crippen LogP contribution in [0.1, 0.15) is 25.6 Å². The normalized spacial score (nSPS) is 18.6. The predicted molar refractivity (Wildman–Crippen MR) is 85.4 cm³/mol. The maximum atomic E-state index is 12.3. The number of hydrogen-bond donors (Lipinski definition) is 1. The number of thioether (sulfide) groups is 1. The largest absolute Gasteiger partial charge is 0.444 e. The lowest BCUT2D eigenvalue weighted by Gasteiger charge is -2.27. The Morgan fingerprint density at radius 2 is 2.24 bits per heavy atom. The minimum atomic E-state index is -0.553. The van der Waals surface area contributed by atoms with Gasteiger partial charge in [-0.1, -0.05) is 6.07 Å². The Bertz CT molecular complexity index is 497. The summed E-state index contributed by atoms with van der Waals surface area (Å²) in [6.45, 7) is 5.96. The van der Waals surface area contributed by atoms with Gasteiger partial charge in [-0.2, -0.15) is 0 Å². The summed E-state index contributed by atoms with van der Waals surface area (Å²) >= 11 is 3.16. The molecule has 0 aliphatic carbocycles. The van der Waals surface area contributed by atoms with Crippen molar-refractivity contribution in [1.29, 1.82) is 0 Å². The van der Waals surface area contributed by atoms with Crippen LogP contribution in [0.5, 0.6) is 0 Å². The first-order valence-corrected chi connectivity index (χ1v) is 8.78. The first-order valence-electron chi connectivity index (χ1n) is 6.74. The third kappa shape index (κ3) is 4.64. The highest BCUT2D eigenvalue weighted by molar-refractivity contribution is 7.99. The molecular weight excluding hydrogens is 308 g/mol. The molecule has 0 spiro atoms. The van der Waals surface area contributed by atoms with Gasteiger partial charge in [0.15, 0.2) is 0 Å². The van der Waals surface area contributed by atoms with E-state index in [1.165, 1.54) is 4.90 Å². The van der Waals surface area contributed by atoms with E-state index in [-0.39, 0.29) is 5.91 Å². The molecule has 1 atom stereocenters. The van der Waals surface area contributed by atoms with Crippen molar-refractivity contribution in [2.24, 2.45) is 0 Å². The SMILES string of the molecule is CC(C)(C)OC(=O)N1CSC[C@@H]1C(=O)NCc1cccs1. The van der Waals surface area contributed by atoms with Crippen LogP contribution in [0.25, 0.3) is 0 Å². The molecule has 1 aromatic rings. The van der Waals surface area contributed by atoms with Crippen LogP contribution in [0.4, 0.5) is 4.79 Å². The number of carbonyl (C=O) groups is 2. The molecule has 2 rings (SSSR count). The molecule has 0 saturated carbocycles. The van der Waals surface area contributed by atoms with E-state index >= 15 is 0 Å². The zero-order valence-electron chi connectivity index (χ0n) is 12.4. The third-order valence-electron chi connectivity index (χ3n) is 2.83. The highest BCUT2D eigenvalue weighted by Gasteiger charge is 2.36. The Morgan fingerprint density at radius 1 is 1.48 bits per heavy atom. The Hall–Kier alpha value is -1.21. The van der Waals surface area contributed by atoms with Crippen LogP contribution in [-0.2, 0) is 16.1 Å². The summed E-state index contributed by atoms with van der Waals surface area (Å²) in [5, 5.41) is 4.86. The molecule has 0 bridgehead atoms. The second-order valence-electron chi connectivity index (χ2n) is 5.76. The standard InChI is InChI=1S/C14H20N2O3S2/c1-14(2,3)19-13(18)16-9-20-8-11(16)12(17)15-7-10-5-4-6-21-10/h4-6,11H,7-9H2,1-3H3,(H,15,17)/t11-/m1/s1. The van der Waals surface area contributed by atoms with E-state index in [9.17, 15) is 9.59 Å². The van der Waals surface area contributed by atoms with E-state index in [0.717, 1.165) is 4.88 Å². The van der Waals surface area contributed by atoms with Gasteiger partial charge in [-0.05, 0) is 32.2 Å². The molecule has 7 heteroatoms. The molecule has 116 valence electrons. The molecular formula is C14H20N2O3S2. The van der Waals surface area contributed by atoms with Crippen LogP contribution in [0, 0.1) is 0 Å². The van der Waals surface area contributed by atoms with Crippen LogP contribution in [-0.4, -0.2) is 40.2 Å². The number of ether oxygens (including phenoxy) is 1. The first-order chi connectivity index (χ1) is 9.87. The van der Waals surface area contributed by atoms with Crippen LogP contribution >= 0.6 is 23.1 Å². The lowest BCUT2D eigenvalue weighted by Crippen LogP contribution is -2.48. The molecule has 0 aromatic carbocycles. The molecule has 2 heterocycles. The summed E-state index contributed by atoms with van der Waals surface area (Å²) in [5.41, 5.74) is -0.553. The van der Waals surface area contributed by atoms with Gasteiger partial charge >= 0.3 is 6.09 Å². The molecule has 1 saturated heterocycles. The van der Waals surface area contributed by atoms with Gasteiger partial charge in [0, 0.05) is 10.6 Å². The number of hydrogen-bond acceptors (Lipinski definition) is 5. The third-order valence-corrected chi connectivity index (χ3v) is 4.72. The van der Waals surface area contributed by atoms with Gasteiger partial charge in [-0.3, -0.25) is 9.69 Å². The summed E-state index contributed by atoms with van der Waals surface area (Å²) in [7, 11) is 0. The smallest absolute Gasteiger partial charge is 0.411 e. The fraction of sp³-hybridized carbons (Fsp3) is 0.571. The van der Waals surface area contributed by atoms with E-state index in [1.807, 2.05) is 38.3 Å². The van der Waals surface area contributed by atoms with Crippen molar-refractivity contribution in [2.45, 2.75) is 39.0 Å². The molecule has 0 unspecified atom stereocenters.